The van der Waals surface area contributed by atoms with Crippen molar-refractivity contribution in [2.24, 2.45) is 5.92 Å². The Morgan fingerprint density at radius 3 is 2.30 bits per heavy atom. The number of halogens is 2. The van der Waals surface area contributed by atoms with Gasteiger partial charge in [-0.25, -0.2) is 0 Å². The van der Waals surface area contributed by atoms with Crippen LogP contribution in [0.3, 0.4) is 0 Å². The standard InChI is InChI=1S/C20H27Cl2N3O2/c21-16-5-6-18(17(22)13-16)23-19(26)14-24-11-7-15(8-12-24)20(27)25-9-3-1-2-4-10-25/h5-6,13,15H,1-4,7-12,14H2,(H,23,26). The van der Waals surface area contributed by atoms with E-state index in [1.165, 1.54) is 12.8 Å². The van der Waals surface area contributed by atoms with Crippen LogP contribution < -0.4 is 5.32 Å². The second-order valence-electron chi connectivity index (χ2n) is 7.46. The molecule has 27 heavy (non-hydrogen) atoms. The minimum Gasteiger partial charge on any atom is -0.342 e. The van der Waals surface area contributed by atoms with Crippen molar-refractivity contribution in [3.8, 4) is 0 Å². The van der Waals surface area contributed by atoms with Gasteiger partial charge in [-0.1, -0.05) is 36.0 Å². The molecular formula is C20H27Cl2N3O2. The van der Waals surface area contributed by atoms with Crippen molar-refractivity contribution in [1.29, 1.82) is 0 Å². The third-order valence-electron chi connectivity index (χ3n) is 5.43. The van der Waals surface area contributed by atoms with Gasteiger partial charge in [0.25, 0.3) is 0 Å². The highest BCUT2D eigenvalue weighted by Gasteiger charge is 2.29. The van der Waals surface area contributed by atoms with E-state index < -0.39 is 0 Å². The molecule has 5 nitrogen and oxygen atoms in total. The van der Waals surface area contributed by atoms with E-state index in [9.17, 15) is 9.59 Å². The molecule has 2 amide bonds. The predicted molar refractivity (Wildman–Crippen MR) is 109 cm³/mol. The minimum atomic E-state index is -0.100. The van der Waals surface area contributed by atoms with E-state index in [-0.39, 0.29) is 11.8 Å². The number of piperidine rings is 1. The van der Waals surface area contributed by atoms with Crippen molar-refractivity contribution < 1.29 is 9.59 Å². The van der Waals surface area contributed by atoms with E-state index in [2.05, 4.69) is 15.1 Å². The lowest BCUT2D eigenvalue weighted by Crippen LogP contribution is -2.44. The van der Waals surface area contributed by atoms with Crippen LogP contribution in [0.4, 0.5) is 5.69 Å². The first-order valence-electron chi connectivity index (χ1n) is 9.79. The van der Waals surface area contributed by atoms with Crippen LogP contribution in [0.25, 0.3) is 0 Å². The number of rotatable bonds is 4. The molecule has 1 aromatic carbocycles. The lowest BCUT2D eigenvalue weighted by molar-refractivity contribution is -0.137. The summed E-state index contributed by atoms with van der Waals surface area (Å²) in [5.74, 6) is 0.318. The van der Waals surface area contributed by atoms with Crippen LogP contribution in [-0.4, -0.2) is 54.3 Å². The van der Waals surface area contributed by atoms with Crippen molar-refractivity contribution in [2.75, 3.05) is 38.0 Å². The van der Waals surface area contributed by atoms with Crippen molar-refractivity contribution >= 4 is 40.7 Å². The summed E-state index contributed by atoms with van der Waals surface area (Å²) in [5.41, 5.74) is 0.567. The topological polar surface area (TPSA) is 52.7 Å². The summed E-state index contributed by atoms with van der Waals surface area (Å²) in [6.45, 7) is 3.66. The van der Waals surface area contributed by atoms with Gasteiger partial charge in [-0.15, -0.1) is 0 Å². The molecule has 2 aliphatic heterocycles. The van der Waals surface area contributed by atoms with Crippen LogP contribution in [0, 0.1) is 5.92 Å². The first kappa shape index (κ1) is 20.4. The fourth-order valence-electron chi connectivity index (χ4n) is 3.87. The molecule has 0 aliphatic carbocycles. The maximum atomic E-state index is 12.7. The first-order valence-corrected chi connectivity index (χ1v) is 10.5. The Balaban J connectivity index is 1.44. The van der Waals surface area contributed by atoms with Crippen LogP contribution in [0.1, 0.15) is 38.5 Å². The zero-order valence-corrected chi connectivity index (χ0v) is 17.1. The van der Waals surface area contributed by atoms with E-state index in [0.717, 1.165) is 51.9 Å². The predicted octanol–water partition coefficient (Wildman–Crippen LogP) is 4.05. The van der Waals surface area contributed by atoms with Gasteiger partial charge < -0.3 is 10.2 Å². The second kappa shape index (κ2) is 9.76. The number of amides is 2. The molecule has 1 aromatic rings. The van der Waals surface area contributed by atoms with Crippen LogP contribution in [-0.2, 0) is 9.59 Å². The van der Waals surface area contributed by atoms with Gasteiger partial charge in [-0.2, -0.15) is 0 Å². The van der Waals surface area contributed by atoms with Crippen molar-refractivity contribution in [1.82, 2.24) is 9.80 Å². The summed E-state index contributed by atoms with van der Waals surface area (Å²) in [7, 11) is 0. The number of carbonyl (C=O) groups excluding carboxylic acids is 2. The summed E-state index contributed by atoms with van der Waals surface area (Å²) < 4.78 is 0. The minimum absolute atomic E-state index is 0.100. The molecular weight excluding hydrogens is 385 g/mol. The Labute approximate surface area is 171 Å². The number of hydrogen-bond acceptors (Lipinski definition) is 3. The highest BCUT2D eigenvalue weighted by atomic mass is 35.5. The number of anilines is 1. The number of carbonyl (C=O) groups is 2. The quantitative estimate of drug-likeness (QED) is 0.812. The Bertz CT molecular complexity index is 667. The lowest BCUT2D eigenvalue weighted by Gasteiger charge is -2.33. The summed E-state index contributed by atoms with van der Waals surface area (Å²) in [5, 5.41) is 3.80. The zero-order chi connectivity index (χ0) is 19.2. The second-order valence-corrected chi connectivity index (χ2v) is 8.31. The maximum Gasteiger partial charge on any atom is 0.238 e. The van der Waals surface area contributed by atoms with Crippen molar-refractivity contribution in [2.45, 2.75) is 38.5 Å². The molecule has 0 unspecified atom stereocenters. The van der Waals surface area contributed by atoms with Crippen LogP contribution in [0.2, 0.25) is 10.0 Å². The SMILES string of the molecule is O=C(CN1CCC(C(=O)N2CCCCCC2)CC1)Nc1ccc(Cl)cc1Cl. The third-order valence-corrected chi connectivity index (χ3v) is 5.97. The van der Waals surface area contributed by atoms with E-state index in [4.69, 9.17) is 23.2 Å². The van der Waals surface area contributed by atoms with E-state index in [1.807, 2.05) is 0 Å². The maximum absolute atomic E-state index is 12.7. The fraction of sp³-hybridized carbons (Fsp3) is 0.600. The molecule has 2 saturated heterocycles. The number of nitrogens with one attached hydrogen (secondary N) is 1. The van der Waals surface area contributed by atoms with Gasteiger partial charge in [0.1, 0.15) is 0 Å². The Morgan fingerprint density at radius 2 is 1.67 bits per heavy atom. The largest absolute Gasteiger partial charge is 0.342 e. The van der Waals surface area contributed by atoms with Crippen molar-refractivity contribution in [3.05, 3.63) is 28.2 Å². The fourth-order valence-corrected chi connectivity index (χ4v) is 4.33. The van der Waals surface area contributed by atoms with Crippen molar-refractivity contribution in [3.63, 3.8) is 0 Å². The van der Waals surface area contributed by atoms with Gasteiger partial charge in [0, 0.05) is 24.0 Å². The van der Waals surface area contributed by atoms with Gasteiger partial charge in [0.2, 0.25) is 11.8 Å². The Kier molecular flexibility index (Phi) is 7.39. The molecule has 1 N–H and O–H groups in total. The molecule has 2 fully saturated rings. The number of benzene rings is 1. The summed E-state index contributed by atoms with van der Waals surface area (Å²) in [6.07, 6.45) is 6.36. The molecule has 3 rings (SSSR count). The van der Waals surface area contributed by atoms with Gasteiger partial charge in [-0.05, 0) is 57.0 Å². The van der Waals surface area contributed by atoms with Gasteiger partial charge >= 0.3 is 0 Å². The van der Waals surface area contributed by atoms with Crippen LogP contribution in [0.15, 0.2) is 18.2 Å². The number of likely N-dealkylation sites (tertiary alicyclic amines) is 2. The van der Waals surface area contributed by atoms with E-state index in [0.29, 0.717) is 28.2 Å². The van der Waals surface area contributed by atoms with Gasteiger partial charge in [-0.3, -0.25) is 14.5 Å². The van der Waals surface area contributed by atoms with Gasteiger partial charge in [0.15, 0.2) is 0 Å². The number of nitrogens with zero attached hydrogens (tertiary/aromatic N) is 2. The summed E-state index contributed by atoms with van der Waals surface area (Å²) >= 11 is 12.0. The average Bonchev–Trinajstić information content (AvgIpc) is 2.93. The molecule has 0 saturated carbocycles. The first-order chi connectivity index (χ1) is 13.0. The van der Waals surface area contributed by atoms with Gasteiger partial charge in [0.05, 0.1) is 17.3 Å². The highest BCUT2D eigenvalue weighted by Crippen LogP contribution is 2.26. The highest BCUT2D eigenvalue weighted by molar-refractivity contribution is 6.36. The molecule has 2 heterocycles. The monoisotopic (exact) mass is 411 g/mol. The number of hydrogen-bond donors (Lipinski definition) is 1. The van der Waals surface area contributed by atoms with Crippen LogP contribution in [0.5, 0.6) is 0 Å². The molecule has 0 radical (unpaired) electrons. The van der Waals surface area contributed by atoms with Crippen LogP contribution >= 0.6 is 23.2 Å². The zero-order valence-electron chi connectivity index (χ0n) is 15.6. The lowest BCUT2D eigenvalue weighted by atomic mass is 9.95. The smallest absolute Gasteiger partial charge is 0.238 e. The van der Waals surface area contributed by atoms with E-state index in [1.54, 1.807) is 18.2 Å². The Morgan fingerprint density at radius 1 is 1.00 bits per heavy atom. The molecule has 2 aliphatic rings. The molecule has 0 atom stereocenters. The van der Waals surface area contributed by atoms with E-state index >= 15 is 0 Å². The molecule has 7 heteroatoms. The average molecular weight is 412 g/mol. The summed E-state index contributed by atoms with van der Waals surface area (Å²) in [6, 6.07) is 5.01. The Hall–Kier alpha value is -1.30. The molecule has 148 valence electrons. The normalized spacial score (nSPS) is 19.6. The third kappa shape index (κ3) is 5.84. The summed E-state index contributed by atoms with van der Waals surface area (Å²) in [4.78, 5) is 29.2. The molecule has 0 aromatic heterocycles. The molecule has 0 bridgehead atoms. The molecule has 0 spiro atoms.